The molecule has 0 fully saturated rings. The molecule has 3 heteroatoms. The molecule has 0 radical (unpaired) electrons. The van der Waals surface area contributed by atoms with Crippen LogP contribution in [0.4, 0.5) is 5.69 Å². The summed E-state index contributed by atoms with van der Waals surface area (Å²) in [5.74, 6) is 0. The summed E-state index contributed by atoms with van der Waals surface area (Å²) in [4.78, 5) is 1.26. The van der Waals surface area contributed by atoms with Crippen LogP contribution in [0.5, 0.6) is 0 Å². The average Bonchev–Trinajstić information content (AvgIpc) is 2.53. The molecule has 0 bridgehead atoms. The summed E-state index contributed by atoms with van der Waals surface area (Å²) in [6.45, 7) is 0. The monoisotopic (exact) mass is 253 g/mol. The fourth-order valence-corrected chi connectivity index (χ4v) is 2.51. The second kappa shape index (κ2) is 3.52. The lowest BCUT2D eigenvalue weighted by atomic mass is 10.2. The van der Waals surface area contributed by atoms with Gasteiger partial charge >= 0.3 is 0 Å². The number of hydrogen-bond acceptors (Lipinski definition) is 2. The summed E-state index contributed by atoms with van der Waals surface area (Å²) in [6, 6.07) is 12.1. The van der Waals surface area contributed by atoms with Crippen LogP contribution in [0.2, 0.25) is 0 Å². The molecule has 0 aliphatic heterocycles. The highest BCUT2D eigenvalue weighted by atomic mass is 79.9. The van der Waals surface area contributed by atoms with Gasteiger partial charge in [-0.3, -0.25) is 0 Å². The third-order valence-corrected chi connectivity index (χ3v) is 3.44. The van der Waals surface area contributed by atoms with Crippen molar-refractivity contribution in [1.82, 2.24) is 0 Å². The van der Waals surface area contributed by atoms with E-state index in [9.17, 15) is 0 Å². The van der Waals surface area contributed by atoms with Crippen molar-refractivity contribution >= 4 is 33.0 Å². The highest BCUT2D eigenvalue weighted by Crippen LogP contribution is 2.31. The molecular formula is C10H8BrNS. The van der Waals surface area contributed by atoms with Crippen molar-refractivity contribution < 1.29 is 0 Å². The van der Waals surface area contributed by atoms with Gasteiger partial charge in [0.2, 0.25) is 0 Å². The molecule has 1 nitrogen and oxygen atoms in total. The lowest BCUT2D eigenvalue weighted by molar-refractivity contribution is 1.68. The Hall–Kier alpha value is -0.800. The molecule has 0 aliphatic rings. The van der Waals surface area contributed by atoms with Gasteiger partial charge in [-0.05, 0) is 45.8 Å². The van der Waals surface area contributed by atoms with Gasteiger partial charge in [-0.1, -0.05) is 12.1 Å². The molecule has 0 spiro atoms. The Morgan fingerprint density at radius 1 is 1.00 bits per heavy atom. The smallest absolute Gasteiger partial charge is 0.0705 e. The van der Waals surface area contributed by atoms with Crippen LogP contribution in [-0.2, 0) is 0 Å². The first-order valence-corrected chi connectivity index (χ1v) is 5.48. The first kappa shape index (κ1) is 8.78. The summed E-state index contributed by atoms with van der Waals surface area (Å²) < 4.78 is 1.15. The summed E-state index contributed by atoms with van der Waals surface area (Å²) in [5.41, 5.74) is 7.62. The Morgan fingerprint density at radius 3 is 2.23 bits per heavy atom. The first-order valence-electron chi connectivity index (χ1n) is 3.87. The number of halogens is 1. The predicted molar refractivity (Wildman–Crippen MR) is 61.9 cm³/mol. The van der Waals surface area contributed by atoms with E-state index in [1.165, 1.54) is 10.4 Å². The highest BCUT2D eigenvalue weighted by molar-refractivity contribution is 9.11. The quantitative estimate of drug-likeness (QED) is 0.770. The van der Waals surface area contributed by atoms with E-state index in [4.69, 9.17) is 5.73 Å². The third kappa shape index (κ3) is 1.92. The molecule has 1 aromatic carbocycles. The van der Waals surface area contributed by atoms with E-state index in [-0.39, 0.29) is 0 Å². The number of nitrogens with two attached hydrogens (primary N) is 1. The van der Waals surface area contributed by atoms with Gasteiger partial charge in [-0.2, -0.15) is 0 Å². The van der Waals surface area contributed by atoms with Gasteiger partial charge in [-0.25, -0.2) is 0 Å². The molecule has 2 rings (SSSR count). The van der Waals surface area contributed by atoms with Crippen LogP contribution in [0.3, 0.4) is 0 Å². The van der Waals surface area contributed by atoms with Crippen molar-refractivity contribution in [3.05, 3.63) is 40.2 Å². The van der Waals surface area contributed by atoms with Crippen molar-refractivity contribution in [1.29, 1.82) is 0 Å². The number of thiophene rings is 1. The second-order valence-electron chi connectivity index (χ2n) is 2.73. The van der Waals surface area contributed by atoms with E-state index in [0.717, 1.165) is 9.47 Å². The Morgan fingerprint density at radius 2 is 1.69 bits per heavy atom. The number of rotatable bonds is 1. The van der Waals surface area contributed by atoms with Crippen molar-refractivity contribution in [2.45, 2.75) is 0 Å². The minimum absolute atomic E-state index is 0.805. The molecule has 0 aliphatic carbocycles. The topological polar surface area (TPSA) is 26.0 Å². The molecule has 0 atom stereocenters. The van der Waals surface area contributed by atoms with E-state index in [0.29, 0.717) is 0 Å². The zero-order chi connectivity index (χ0) is 9.26. The molecule has 0 saturated carbocycles. The minimum Gasteiger partial charge on any atom is -0.399 e. The normalized spacial score (nSPS) is 10.2. The lowest BCUT2D eigenvalue weighted by Crippen LogP contribution is -1.82. The zero-order valence-corrected chi connectivity index (χ0v) is 9.23. The minimum atomic E-state index is 0.805. The predicted octanol–water partition coefficient (Wildman–Crippen LogP) is 3.76. The molecule has 2 aromatic rings. The lowest BCUT2D eigenvalue weighted by Gasteiger charge is -1.96. The van der Waals surface area contributed by atoms with E-state index in [1.54, 1.807) is 11.3 Å². The van der Waals surface area contributed by atoms with Crippen LogP contribution in [0, 0.1) is 0 Å². The zero-order valence-electron chi connectivity index (χ0n) is 6.83. The Balaban J connectivity index is 2.41. The van der Waals surface area contributed by atoms with Gasteiger partial charge in [-0.15, -0.1) is 11.3 Å². The fraction of sp³-hybridized carbons (Fsp3) is 0. The summed E-state index contributed by atoms with van der Waals surface area (Å²) >= 11 is 5.16. The average molecular weight is 254 g/mol. The van der Waals surface area contributed by atoms with Gasteiger partial charge in [0.1, 0.15) is 0 Å². The van der Waals surface area contributed by atoms with Crippen molar-refractivity contribution in [3.8, 4) is 10.4 Å². The van der Waals surface area contributed by atoms with E-state index >= 15 is 0 Å². The standard InChI is InChI=1S/C10H8BrNS/c11-10-6-5-9(13-10)7-1-3-8(12)4-2-7/h1-6H,12H2. The van der Waals surface area contributed by atoms with Crippen LogP contribution in [-0.4, -0.2) is 0 Å². The maximum Gasteiger partial charge on any atom is 0.0705 e. The van der Waals surface area contributed by atoms with Gasteiger partial charge in [0.15, 0.2) is 0 Å². The molecule has 0 unspecified atom stereocenters. The van der Waals surface area contributed by atoms with Crippen molar-refractivity contribution in [2.24, 2.45) is 0 Å². The van der Waals surface area contributed by atoms with E-state index in [2.05, 4.69) is 28.1 Å². The molecule has 66 valence electrons. The van der Waals surface area contributed by atoms with Gasteiger partial charge in [0, 0.05) is 10.6 Å². The second-order valence-corrected chi connectivity index (χ2v) is 5.19. The van der Waals surface area contributed by atoms with Crippen molar-refractivity contribution in [2.75, 3.05) is 5.73 Å². The number of nitrogen functional groups attached to an aromatic ring is 1. The first-order chi connectivity index (χ1) is 6.25. The van der Waals surface area contributed by atoms with Crippen LogP contribution in [0.1, 0.15) is 0 Å². The third-order valence-electron chi connectivity index (χ3n) is 1.77. The largest absolute Gasteiger partial charge is 0.399 e. The molecule has 2 N–H and O–H groups in total. The van der Waals surface area contributed by atoms with Crippen LogP contribution in [0.15, 0.2) is 40.2 Å². The van der Waals surface area contributed by atoms with Crippen LogP contribution >= 0.6 is 27.3 Å². The fourth-order valence-electron chi connectivity index (χ4n) is 1.12. The molecule has 0 saturated heterocycles. The maximum absolute atomic E-state index is 5.60. The number of benzene rings is 1. The summed E-state index contributed by atoms with van der Waals surface area (Å²) in [5, 5.41) is 0. The van der Waals surface area contributed by atoms with Crippen molar-refractivity contribution in [3.63, 3.8) is 0 Å². The molecule has 0 amide bonds. The Labute approximate surface area is 89.3 Å². The maximum atomic E-state index is 5.60. The molecule has 1 heterocycles. The van der Waals surface area contributed by atoms with Gasteiger partial charge < -0.3 is 5.73 Å². The Kier molecular flexibility index (Phi) is 2.38. The summed E-state index contributed by atoms with van der Waals surface area (Å²) in [7, 11) is 0. The van der Waals surface area contributed by atoms with E-state index < -0.39 is 0 Å². The summed E-state index contributed by atoms with van der Waals surface area (Å²) in [6.07, 6.45) is 0. The highest BCUT2D eigenvalue weighted by Gasteiger charge is 1.99. The van der Waals surface area contributed by atoms with Gasteiger partial charge in [0.05, 0.1) is 3.79 Å². The number of hydrogen-bond donors (Lipinski definition) is 1. The number of anilines is 1. The Bertz CT molecular complexity index is 405. The van der Waals surface area contributed by atoms with Gasteiger partial charge in [0.25, 0.3) is 0 Å². The molecule has 13 heavy (non-hydrogen) atoms. The molecule has 1 aromatic heterocycles. The SMILES string of the molecule is Nc1ccc(-c2ccc(Br)s2)cc1. The van der Waals surface area contributed by atoms with Crippen LogP contribution in [0.25, 0.3) is 10.4 Å². The molecular weight excluding hydrogens is 246 g/mol. The van der Waals surface area contributed by atoms with E-state index in [1.807, 2.05) is 24.3 Å². The van der Waals surface area contributed by atoms with Crippen LogP contribution < -0.4 is 5.73 Å².